The van der Waals surface area contributed by atoms with E-state index in [1.54, 1.807) is 11.6 Å². The minimum Gasteiger partial charge on any atom is -0.485 e. The first kappa shape index (κ1) is 25.6. The summed E-state index contributed by atoms with van der Waals surface area (Å²) in [7, 11) is 0. The monoisotopic (exact) mass is 519 g/mol. The molecule has 1 atom stereocenters. The Morgan fingerprint density at radius 1 is 0.737 bits per heavy atom. The Balaban J connectivity index is 1.48. The Morgan fingerprint density at radius 3 is 2.00 bits per heavy atom. The molecule has 5 aromatic rings. The molecular formula is C33H29NO3S. The maximum absolute atomic E-state index is 13.6. The fourth-order valence-electron chi connectivity index (χ4n) is 4.36. The molecular weight excluding hydrogens is 490 g/mol. The van der Waals surface area contributed by atoms with Gasteiger partial charge in [-0.25, -0.2) is 4.98 Å². The van der Waals surface area contributed by atoms with E-state index >= 15 is 0 Å². The third-order valence-electron chi connectivity index (χ3n) is 6.38. The number of nitrogens with zero attached hydrogens (tertiary/aromatic N) is 1. The lowest BCUT2D eigenvalue weighted by molar-refractivity contribution is 0.106. The maximum atomic E-state index is 13.6. The van der Waals surface area contributed by atoms with E-state index in [9.17, 15) is 4.79 Å². The number of hydrogen-bond acceptors (Lipinski definition) is 5. The number of rotatable bonds is 11. The first-order valence-corrected chi connectivity index (χ1v) is 13.6. The highest BCUT2D eigenvalue weighted by atomic mass is 32.1. The normalized spacial score (nSPS) is 11.7. The zero-order chi connectivity index (χ0) is 26.0. The number of hydrogen-bond donors (Lipinski definition) is 0. The molecule has 0 amide bonds. The molecule has 1 aromatic heterocycles. The molecule has 0 aliphatic heterocycles. The summed E-state index contributed by atoms with van der Waals surface area (Å²) in [5.41, 5.74) is 7.14. The summed E-state index contributed by atoms with van der Waals surface area (Å²) in [4.78, 5) is 18.1. The van der Waals surface area contributed by atoms with Gasteiger partial charge in [-0.2, -0.15) is 0 Å². The van der Waals surface area contributed by atoms with E-state index in [4.69, 9.17) is 9.47 Å². The van der Waals surface area contributed by atoms with Crippen LogP contribution in [0.2, 0.25) is 0 Å². The van der Waals surface area contributed by atoms with E-state index in [2.05, 4.69) is 29.2 Å². The van der Waals surface area contributed by atoms with Crippen LogP contribution in [0.15, 0.2) is 125 Å². The quantitative estimate of drug-likeness (QED) is 0.184. The van der Waals surface area contributed by atoms with Crippen LogP contribution < -0.4 is 10.2 Å². The lowest BCUT2D eigenvalue weighted by Crippen LogP contribution is -2.11. The third kappa shape index (κ3) is 6.82. The molecule has 0 N–H and O–H groups in total. The second-order valence-electron chi connectivity index (χ2n) is 9.12. The third-order valence-corrected chi connectivity index (χ3v) is 6.97. The molecule has 1 unspecified atom stereocenters. The number of ether oxygens (including phenoxy) is 2. The van der Waals surface area contributed by atoms with E-state index in [-0.39, 0.29) is 11.3 Å². The number of benzene rings is 3. The van der Waals surface area contributed by atoms with Crippen molar-refractivity contribution in [2.75, 3.05) is 6.61 Å². The van der Waals surface area contributed by atoms with Crippen molar-refractivity contribution >= 4 is 11.3 Å². The second kappa shape index (κ2) is 13.0. The van der Waals surface area contributed by atoms with Crippen molar-refractivity contribution in [3.63, 3.8) is 0 Å². The molecule has 0 saturated carbocycles. The molecule has 1 heterocycles. The largest absolute Gasteiger partial charge is 0.485 e. The fourth-order valence-corrected chi connectivity index (χ4v) is 4.92. The van der Waals surface area contributed by atoms with Gasteiger partial charge in [0.25, 0.3) is 0 Å². The fraction of sp³-hybridized carbons (Fsp3) is 0.152. The van der Waals surface area contributed by atoms with Crippen LogP contribution >= 0.6 is 11.3 Å². The summed E-state index contributed by atoms with van der Waals surface area (Å²) in [6, 6.07) is 36.2. The van der Waals surface area contributed by atoms with Gasteiger partial charge >= 0.3 is 0 Å². The van der Waals surface area contributed by atoms with Crippen LogP contribution in [0, 0.1) is 0 Å². The van der Waals surface area contributed by atoms with E-state index in [1.807, 2.05) is 84.2 Å². The smallest absolute Gasteiger partial charge is 0.229 e. The number of thiazole rings is 1. The van der Waals surface area contributed by atoms with Crippen LogP contribution in [-0.2, 0) is 24.4 Å². The minimum absolute atomic E-state index is 0.0345. The molecule has 0 spiro atoms. The molecule has 5 heteroatoms. The number of aromatic nitrogens is 1. The second-order valence-corrected chi connectivity index (χ2v) is 9.84. The Morgan fingerprint density at radius 2 is 1.37 bits per heavy atom. The summed E-state index contributed by atoms with van der Waals surface area (Å²) in [6.45, 7) is 1.36. The first-order chi connectivity index (χ1) is 18.8. The zero-order valence-electron chi connectivity index (χ0n) is 21.0. The van der Waals surface area contributed by atoms with Gasteiger partial charge in [0.15, 0.2) is 5.75 Å². The van der Waals surface area contributed by atoms with Crippen LogP contribution in [0.4, 0.5) is 0 Å². The van der Waals surface area contributed by atoms with Crippen molar-refractivity contribution in [1.82, 2.24) is 4.98 Å². The Hall–Kier alpha value is -4.06. The van der Waals surface area contributed by atoms with Gasteiger partial charge in [0, 0.05) is 11.3 Å². The minimum atomic E-state index is -0.165. The van der Waals surface area contributed by atoms with Crippen molar-refractivity contribution in [2.45, 2.75) is 25.6 Å². The molecule has 4 nitrogen and oxygen atoms in total. The Kier molecular flexibility index (Phi) is 8.72. The summed E-state index contributed by atoms with van der Waals surface area (Å²) in [6.07, 6.45) is 0.782. The highest BCUT2D eigenvalue weighted by molar-refractivity contribution is 7.07. The maximum Gasteiger partial charge on any atom is 0.229 e. The average molecular weight is 520 g/mol. The highest BCUT2D eigenvalue weighted by Gasteiger charge is 2.17. The van der Waals surface area contributed by atoms with Gasteiger partial charge in [-0.1, -0.05) is 97.1 Å². The average Bonchev–Trinajstić information content (AvgIpc) is 3.45. The summed E-state index contributed by atoms with van der Waals surface area (Å²) < 4.78 is 12.3. The van der Waals surface area contributed by atoms with Gasteiger partial charge in [-0.15, -0.1) is 11.3 Å². The van der Waals surface area contributed by atoms with Crippen LogP contribution in [0.5, 0.6) is 5.75 Å². The van der Waals surface area contributed by atoms with E-state index < -0.39 is 0 Å². The molecule has 5 rings (SSSR count). The molecule has 0 aliphatic carbocycles. The topological polar surface area (TPSA) is 48.4 Å². The summed E-state index contributed by atoms with van der Waals surface area (Å²) in [5.74, 6) is 0.346. The lowest BCUT2D eigenvalue weighted by Gasteiger charge is -2.18. The molecule has 0 radical (unpaired) electrons. The van der Waals surface area contributed by atoms with Gasteiger partial charge in [0.1, 0.15) is 6.61 Å². The molecule has 38 heavy (non-hydrogen) atoms. The summed E-state index contributed by atoms with van der Waals surface area (Å²) in [5, 5.41) is 1.90. The van der Waals surface area contributed by atoms with Crippen molar-refractivity contribution < 1.29 is 9.47 Å². The molecule has 0 bridgehead atoms. The van der Waals surface area contributed by atoms with Crippen LogP contribution in [0.1, 0.15) is 28.2 Å². The zero-order valence-corrected chi connectivity index (χ0v) is 21.8. The molecule has 190 valence electrons. The van der Waals surface area contributed by atoms with Gasteiger partial charge in [-0.05, 0) is 40.8 Å². The van der Waals surface area contributed by atoms with E-state index in [1.165, 1.54) is 16.9 Å². The molecule has 0 fully saturated rings. The predicted molar refractivity (Wildman–Crippen MR) is 154 cm³/mol. The van der Waals surface area contributed by atoms with Crippen molar-refractivity contribution in [3.8, 4) is 17.0 Å². The van der Waals surface area contributed by atoms with Gasteiger partial charge in [0.2, 0.25) is 5.43 Å². The van der Waals surface area contributed by atoms with Crippen molar-refractivity contribution in [3.05, 3.63) is 153 Å². The van der Waals surface area contributed by atoms with Crippen LogP contribution in [0.25, 0.3) is 11.3 Å². The van der Waals surface area contributed by atoms with Gasteiger partial charge in [-0.3, -0.25) is 4.79 Å². The SMILES string of the molecule is O=c1c(OCc2ccccc2)ccc(C(COCc2ccccc2)Cc2ccccc2)cc1-c1cscn1. The van der Waals surface area contributed by atoms with Crippen LogP contribution in [-0.4, -0.2) is 11.6 Å². The Labute approximate surface area is 227 Å². The van der Waals surface area contributed by atoms with E-state index in [0.29, 0.717) is 36.8 Å². The van der Waals surface area contributed by atoms with Crippen molar-refractivity contribution in [2.24, 2.45) is 0 Å². The molecule has 0 saturated heterocycles. The van der Waals surface area contributed by atoms with Crippen molar-refractivity contribution in [1.29, 1.82) is 0 Å². The van der Waals surface area contributed by atoms with E-state index in [0.717, 1.165) is 23.1 Å². The first-order valence-electron chi connectivity index (χ1n) is 12.7. The van der Waals surface area contributed by atoms with Crippen LogP contribution in [0.3, 0.4) is 0 Å². The standard InChI is InChI=1S/C33H29NO3S/c35-33-30(31-23-38-24-34-31)19-28(16-17-32(33)37-21-27-14-8-3-9-15-27)29(18-25-10-4-1-5-11-25)22-36-20-26-12-6-2-7-13-26/h1-17,19,23-24,29H,18,20-22H2. The summed E-state index contributed by atoms with van der Waals surface area (Å²) >= 11 is 1.47. The predicted octanol–water partition coefficient (Wildman–Crippen LogP) is 7.29. The molecule has 4 aromatic carbocycles. The lowest BCUT2D eigenvalue weighted by atomic mass is 9.92. The highest BCUT2D eigenvalue weighted by Crippen LogP contribution is 2.27. The Bertz CT molecular complexity index is 1470. The van der Waals surface area contributed by atoms with Gasteiger partial charge < -0.3 is 9.47 Å². The molecule has 0 aliphatic rings. The van der Waals surface area contributed by atoms with Gasteiger partial charge in [0.05, 0.1) is 30.0 Å².